The second-order valence-electron chi connectivity index (χ2n) is 6.37. The van der Waals surface area contributed by atoms with Crippen molar-refractivity contribution in [2.45, 2.75) is 33.1 Å². The number of halogens is 4. The van der Waals surface area contributed by atoms with Gasteiger partial charge in [0.2, 0.25) is 0 Å². The number of alkyl halides is 3. The molecule has 2 aromatic heterocycles. The van der Waals surface area contributed by atoms with Crippen molar-refractivity contribution in [1.29, 1.82) is 0 Å². The van der Waals surface area contributed by atoms with E-state index in [9.17, 15) is 13.2 Å². The predicted octanol–water partition coefficient (Wildman–Crippen LogP) is 4.45. The smallest absolute Gasteiger partial charge is 0.352 e. The molecule has 0 aliphatic carbocycles. The van der Waals surface area contributed by atoms with E-state index in [2.05, 4.69) is 25.7 Å². The number of rotatable bonds is 5. The van der Waals surface area contributed by atoms with E-state index in [4.69, 9.17) is 0 Å². The second kappa shape index (κ2) is 10.2. The summed E-state index contributed by atoms with van der Waals surface area (Å²) >= 11 is 0.959. The normalized spacial score (nSPS) is 11.9. The van der Waals surface area contributed by atoms with Crippen LogP contribution in [0.2, 0.25) is 0 Å². The summed E-state index contributed by atoms with van der Waals surface area (Å²) < 4.78 is 39.9. The maximum Gasteiger partial charge on any atom is 0.434 e. The van der Waals surface area contributed by atoms with Crippen molar-refractivity contribution in [3.63, 3.8) is 0 Å². The van der Waals surface area contributed by atoms with E-state index < -0.39 is 11.9 Å². The molecule has 0 bridgehead atoms. The molecule has 0 fully saturated rings. The lowest BCUT2D eigenvalue weighted by atomic mass is 10.1. The molecular formula is C19H22F3IN6S. The fraction of sp³-hybridized carbons (Fsp3) is 0.316. The molecule has 2 N–H and O–H groups in total. The Morgan fingerprint density at radius 1 is 1.17 bits per heavy atom. The van der Waals surface area contributed by atoms with Gasteiger partial charge < -0.3 is 10.6 Å². The molecular weight excluding hydrogens is 528 g/mol. The molecule has 0 atom stereocenters. The van der Waals surface area contributed by atoms with E-state index in [1.165, 1.54) is 0 Å². The van der Waals surface area contributed by atoms with Crippen molar-refractivity contribution >= 4 is 41.3 Å². The van der Waals surface area contributed by atoms with Gasteiger partial charge in [0.15, 0.2) is 11.7 Å². The highest BCUT2D eigenvalue weighted by Gasteiger charge is 2.33. The number of nitrogens with zero attached hydrogens (tertiary/aromatic N) is 4. The number of guanidine groups is 1. The van der Waals surface area contributed by atoms with E-state index in [0.29, 0.717) is 17.5 Å². The zero-order valence-electron chi connectivity index (χ0n) is 16.6. The molecule has 3 rings (SSSR count). The molecule has 2 heterocycles. The summed E-state index contributed by atoms with van der Waals surface area (Å²) in [5.74, 6) is 0.469. The topological polar surface area (TPSA) is 67.1 Å². The number of aliphatic imine (C=N–C) groups is 1. The Kier molecular flexibility index (Phi) is 8.24. The summed E-state index contributed by atoms with van der Waals surface area (Å²) in [6, 6.07) is 9.87. The molecule has 3 aromatic rings. The summed E-state index contributed by atoms with van der Waals surface area (Å²) in [5.41, 5.74) is 3.05. The maximum atomic E-state index is 12.7. The van der Waals surface area contributed by atoms with Crippen LogP contribution in [0.5, 0.6) is 0 Å². The highest BCUT2D eigenvalue weighted by molar-refractivity contribution is 14.0. The van der Waals surface area contributed by atoms with Crippen LogP contribution in [0, 0.1) is 13.8 Å². The van der Waals surface area contributed by atoms with Crippen molar-refractivity contribution in [3.8, 4) is 5.69 Å². The molecule has 0 amide bonds. The Morgan fingerprint density at radius 2 is 1.87 bits per heavy atom. The van der Waals surface area contributed by atoms with Gasteiger partial charge in [-0.05, 0) is 31.5 Å². The molecule has 1 aromatic carbocycles. The molecule has 0 spiro atoms. The van der Waals surface area contributed by atoms with E-state index in [0.717, 1.165) is 39.4 Å². The average molecular weight is 550 g/mol. The van der Waals surface area contributed by atoms with Gasteiger partial charge in [-0.25, -0.2) is 9.67 Å². The van der Waals surface area contributed by atoms with Crippen molar-refractivity contribution in [1.82, 2.24) is 25.4 Å². The van der Waals surface area contributed by atoms with Crippen LogP contribution in [0.15, 0.2) is 40.7 Å². The van der Waals surface area contributed by atoms with Crippen molar-refractivity contribution in [2.75, 3.05) is 7.05 Å². The lowest BCUT2D eigenvalue weighted by Crippen LogP contribution is -2.36. The molecule has 6 nitrogen and oxygen atoms in total. The van der Waals surface area contributed by atoms with Crippen LogP contribution >= 0.6 is 35.3 Å². The number of para-hydroxylation sites is 1. The number of thiazole rings is 1. The SMILES string of the molecule is CN=C(NCc1nc(C(F)(F)F)cs1)NCc1ccccc1-n1nc(C)cc1C.I. The van der Waals surface area contributed by atoms with Gasteiger partial charge in [-0.1, -0.05) is 18.2 Å². The number of hydrogen-bond acceptors (Lipinski definition) is 4. The van der Waals surface area contributed by atoms with Gasteiger partial charge in [0.1, 0.15) is 5.01 Å². The summed E-state index contributed by atoms with van der Waals surface area (Å²) in [6.45, 7) is 4.56. The molecule has 0 aliphatic rings. The zero-order chi connectivity index (χ0) is 21.0. The van der Waals surface area contributed by atoms with Gasteiger partial charge in [-0.15, -0.1) is 35.3 Å². The summed E-state index contributed by atoms with van der Waals surface area (Å²) in [6.07, 6.45) is -4.43. The van der Waals surface area contributed by atoms with Crippen molar-refractivity contribution in [3.05, 3.63) is 63.4 Å². The summed E-state index contributed by atoms with van der Waals surface area (Å²) in [4.78, 5) is 7.73. The van der Waals surface area contributed by atoms with Gasteiger partial charge in [0, 0.05) is 24.7 Å². The van der Waals surface area contributed by atoms with Crippen LogP contribution in [0.1, 0.15) is 27.7 Å². The van der Waals surface area contributed by atoms with Gasteiger partial charge in [-0.3, -0.25) is 4.99 Å². The zero-order valence-corrected chi connectivity index (χ0v) is 19.8. The monoisotopic (exact) mass is 550 g/mol. The van der Waals surface area contributed by atoms with Crippen molar-refractivity contribution in [2.24, 2.45) is 4.99 Å². The van der Waals surface area contributed by atoms with Gasteiger partial charge in [-0.2, -0.15) is 18.3 Å². The van der Waals surface area contributed by atoms with Gasteiger partial charge in [0.25, 0.3) is 0 Å². The molecule has 0 aliphatic heterocycles. The minimum Gasteiger partial charge on any atom is -0.352 e. The molecule has 11 heteroatoms. The second-order valence-corrected chi connectivity index (χ2v) is 7.31. The maximum absolute atomic E-state index is 12.7. The first kappa shape index (κ1) is 24.1. The predicted molar refractivity (Wildman–Crippen MR) is 123 cm³/mol. The Hall–Kier alpha value is -2.15. The molecule has 0 saturated heterocycles. The lowest BCUT2D eigenvalue weighted by molar-refractivity contribution is -0.140. The van der Waals surface area contributed by atoms with Crippen LogP contribution < -0.4 is 10.6 Å². The highest BCUT2D eigenvalue weighted by Crippen LogP contribution is 2.29. The van der Waals surface area contributed by atoms with E-state index in [1.54, 1.807) is 7.05 Å². The Labute approximate surface area is 193 Å². The summed E-state index contributed by atoms with van der Waals surface area (Å²) in [5, 5.41) is 12.1. The number of nitrogens with one attached hydrogen (secondary N) is 2. The third-order valence-corrected chi connectivity index (χ3v) is 5.00. The molecule has 162 valence electrons. The van der Waals surface area contributed by atoms with E-state index >= 15 is 0 Å². The van der Waals surface area contributed by atoms with E-state index in [1.807, 2.05) is 48.9 Å². The Balaban J connectivity index is 0.00000320. The Morgan fingerprint density at radius 3 is 2.47 bits per heavy atom. The van der Waals surface area contributed by atoms with Crippen LogP contribution in [0.3, 0.4) is 0 Å². The minimum absolute atomic E-state index is 0. The summed E-state index contributed by atoms with van der Waals surface area (Å²) in [7, 11) is 1.60. The molecule has 0 unspecified atom stereocenters. The first-order chi connectivity index (χ1) is 13.8. The third-order valence-electron chi connectivity index (χ3n) is 4.15. The van der Waals surface area contributed by atoms with Crippen LogP contribution in [0.25, 0.3) is 5.69 Å². The fourth-order valence-corrected chi connectivity index (χ4v) is 3.56. The number of aromatic nitrogens is 3. The standard InChI is InChI=1S/C19H21F3N6S.HI/c1-12-8-13(2)28(27-12)15-7-5-4-6-14(15)9-24-18(23-3)25-10-17-26-16(11-29-17)19(20,21)22;/h4-8,11H,9-10H2,1-3H3,(H2,23,24,25);1H. The number of hydrogen-bond donors (Lipinski definition) is 2. The lowest BCUT2D eigenvalue weighted by Gasteiger charge is -2.14. The van der Waals surface area contributed by atoms with Crippen LogP contribution in [-0.4, -0.2) is 27.8 Å². The van der Waals surface area contributed by atoms with Crippen LogP contribution in [0.4, 0.5) is 13.2 Å². The number of aryl methyl sites for hydroxylation is 2. The first-order valence-electron chi connectivity index (χ1n) is 8.85. The molecule has 0 radical (unpaired) electrons. The molecule has 30 heavy (non-hydrogen) atoms. The largest absolute Gasteiger partial charge is 0.434 e. The van der Waals surface area contributed by atoms with Crippen molar-refractivity contribution < 1.29 is 13.2 Å². The van der Waals surface area contributed by atoms with Gasteiger partial charge >= 0.3 is 6.18 Å². The van der Waals surface area contributed by atoms with Gasteiger partial charge in [0.05, 0.1) is 17.9 Å². The number of benzene rings is 1. The Bertz CT molecular complexity index is 1010. The first-order valence-corrected chi connectivity index (χ1v) is 9.73. The minimum atomic E-state index is -4.43. The molecule has 0 saturated carbocycles. The highest BCUT2D eigenvalue weighted by atomic mass is 127. The van der Waals surface area contributed by atoms with Crippen LogP contribution in [-0.2, 0) is 19.3 Å². The quantitative estimate of drug-likeness (QED) is 0.280. The van der Waals surface area contributed by atoms with E-state index in [-0.39, 0.29) is 30.5 Å². The fourth-order valence-electron chi connectivity index (χ4n) is 2.82. The average Bonchev–Trinajstić information content (AvgIpc) is 3.28. The third kappa shape index (κ3) is 5.94.